The molecule has 0 spiro atoms. The molecule has 0 bridgehead atoms. The first-order valence-electron chi connectivity index (χ1n) is 7.21. The Morgan fingerprint density at radius 2 is 1.83 bits per heavy atom. The van der Waals surface area contributed by atoms with Crippen molar-refractivity contribution in [3.63, 3.8) is 0 Å². The van der Waals surface area contributed by atoms with Crippen LogP contribution in [0.1, 0.15) is 5.56 Å². The number of nitrogens with one attached hydrogen (secondary N) is 1. The molecule has 7 heteroatoms. The van der Waals surface area contributed by atoms with Gasteiger partial charge in [-0.15, -0.1) is 0 Å². The van der Waals surface area contributed by atoms with Crippen LogP contribution >= 0.6 is 0 Å². The number of carbonyl (C=O) groups excluding carboxylic acids is 3. The highest BCUT2D eigenvalue weighted by Gasteiger charge is 2.43. The van der Waals surface area contributed by atoms with E-state index in [4.69, 9.17) is 4.74 Å². The van der Waals surface area contributed by atoms with Crippen molar-refractivity contribution in [2.45, 2.75) is 6.54 Å². The van der Waals surface area contributed by atoms with Crippen molar-refractivity contribution in [3.05, 3.63) is 42.5 Å². The van der Waals surface area contributed by atoms with Gasteiger partial charge in [-0.3, -0.25) is 14.5 Å². The number of likely N-dealkylation sites (N-methyl/N-ethyl adjacent to an activating group) is 1. The van der Waals surface area contributed by atoms with Crippen LogP contribution in [-0.4, -0.2) is 55.0 Å². The quantitative estimate of drug-likeness (QED) is 0.424. The summed E-state index contributed by atoms with van der Waals surface area (Å²) < 4.78 is 5.41. The summed E-state index contributed by atoms with van der Waals surface area (Å²) in [5.74, 6) is -0.806. The lowest BCUT2D eigenvalue weighted by Crippen LogP contribution is -3.09. The number of rotatable bonds is 7. The lowest BCUT2D eigenvalue weighted by atomic mass is 10.2. The van der Waals surface area contributed by atoms with Gasteiger partial charge in [-0.05, 0) is 24.3 Å². The first-order chi connectivity index (χ1) is 10.9. The molecule has 23 heavy (non-hydrogen) atoms. The predicted molar refractivity (Wildman–Crippen MR) is 82.6 cm³/mol. The Morgan fingerprint density at radius 1 is 1.17 bits per heavy atom. The van der Waals surface area contributed by atoms with Crippen molar-refractivity contribution in [2.75, 3.05) is 27.4 Å². The maximum absolute atomic E-state index is 11.8. The molecule has 2 rings (SSSR count). The van der Waals surface area contributed by atoms with Crippen molar-refractivity contribution < 1.29 is 24.0 Å². The molecule has 1 aromatic rings. The lowest BCUT2D eigenvalue weighted by molar-refractivity contribution is -0.901. The van der Waals surface area contributed by atoms with Crippen molar-refractivity contribution in [3.8, 4) is 5.75 Å². The fraction of sp³-hybridized carbons (Fsp3) is 0.312. The number of ether oxygens (including phenoxy) is 1. The molecule has 0 saturated carbocycles. The van der Waals surface area contributed by atoms with E-state index in [0.717, 1.165) is 26.0 Å². The molecule has 1 saturated heterocycles. The molecule has 122 valence electrons. The van der Waals surface area contributed by atoms with Crippen LogP contribution in [-0.2, 0) is 16.1 Å². The van der Waals surface area contributed by atoms with Crippen LogP contribution in [0.2, 0.25) is 0 Å². The van der Waals surface area contributed by atoms with E-state index in [1.54, 1.807) is 6.08 Å². The SMILES string of the molecule is C=CCOc1ccc(C[NH+](C)CN2C(=O)C(=O)N(C)C2=O)cc1. The molecule has 0 radical (unpaired) electrons. The van der Waals surface area contributed by atoms with E-state index in [0.29, 0.717) is 13.2 Å². The second-order valence-electron chi connectivity index (χ2n) is 5.42. The highest BCUT2D eigenvalue weighted by Crippen LogP contribution is 2.12. The zero-order chi connectivity index (χ0) is 17.0. The van der Waals surface area contributed by atoms with E-state index in [1.165, 1.54) is 7.05 Å². The minimum absolute atomic E-state index is 0.141. The number of hydrogen-bond donors (Lipinski definition) is 1. The molecular formula is C16H20N3O4+. The number of hydrogen-bond acceptors (Lipinski definition) is 4. The standard InChI is InChI=1S/C16H19N3O4/c1-4-9-23-13-7-5-12(6-8-13)10-17(2)11-19-15(21)14(20)18(3)16(19)22/h4-8H,1,9-11H2,2-3H3/p+1. The van der Waals surface area contributed by atoms with Crippen LogP contribution in [0.15, 0.2) is 36.9 Å². The van der Waals surface area contributed by atoms with Gasteiger partial charge in [0.25, 0.3) is 0 Å². The highest BCUT2D eigenvalue weighted by molar-refractivity contribution is 6.44. The van der Waals surface area contributed by atoms with Gasteiger partial charge in [0.15, 0.2) is 6.67 Å². The maximum Gasteiger partial charge on any atom is 0.338 e. The normalized spacial score (nSPS) is 16.0. The van der Waals surface area contributed by atoms with Gasteiger partial charge in [0.1, 0.15) is 18.9 Å². The van der Waals surface area contributed by atoms with Crippen molar-refractivity contribution in [2.24, 2.45) is 0 Å². The number of carbonyl (C=O) groups is 3. The Morgan fingerprint density at radius 3 is 2.35 bits per heavy atom. The summed E-state index contributed by atoms with van der Waals surface area (Å²) in [6, 6.07) is 6.98. The second kappa shape index (κ2) is 7.06. The van der Waals surface area contributed by atoms with Gasteiger partial charge in [0.2, 0.25) is 0 Å². The second-order valence-corrected chi connectivity index (χ2v) is 5.42. The maximum atomic E-state index is 11.8. The summed E-state index contributed by atoms with van der Waals surface area (Å²) in [4.78, 5) is 37.8. The Hall–Kier alpha value is -2.67. The van der Waals surface area contributed by atoms with Gasteiger partial charge in [-0.1, -0.05) is 12.7 Å². The number of imide groups is 2. The van der Waals surface area contributed by atoms with Crippen LogP contribution in [0.5, 0.6) is 5.75 Å². The number of nitrogens with zero attached hydrogens (tertiary/aromatic N) is 2. The summed E-state index contributed by atoms with van der Waals surface area (Å²) in [5, 5.41) is 0. The molecule has 0 aromatic heterocycles. The third-order valence-electron chi connectivity index (χ3n) is 3.48. The molecule has 1 fully saturated rings. The molecule has 7 nitrogen and oxygen atoms in total. The topological polar surface area (TPSA) is 71.4 Å². The molecule has 1 atom stereocenters. The third kappa shape index (κ3) is 3.75. The highest BCUT2D eigenvalue weighted by atomic mass is 16.5. The number of benzene rings is 1. The first kappa shape index (κ1) is 16.7. The Balaban J connectivity index is 1.93. The fourth-order valence-electron chi connectivity index (χ4n) is 2.29. The largest absolute Gasteiger partial charge is 0.490 e. The number of quaternary nitrogens is 1. The van der Waals surface area contributed by atoms with Crippen LogP contribution in [0, 0.1) is 0 Å². The third-order valence-corrected chi connectivity index (χ3v) is 3.48. The monoisotopic (exact) mass is 318 g/mol. The fourth-order valence-corrected chi connectivity index (χ4v) is 2.29. The molecule has 0 aliphatic carbocycles. The molecule has 1 aromatic carbocycles. The van der Waals surface area contributed by atoms with E-state index < -0.39 is 17.8 Å². The van der Waals surface area contributed by atoms with Crippen LogP contribution in [0.3, 0.4) is 0 Å². The molecule has 4 amide bonds. The zero-order valence-corrected chi connectivity index (χ0v) is 13.2. The number of urea groups is 1. The summed E-state index contributed by atoms with van der Waals surface area (Å²) >= 11 is 0. The van der Waals surface area contributed by atoms with E-state index in [2.05, 4.69) is 6.58 Å². The molecular weight excluding hydrogens is 298 g/mol. The summed E-state index contributed by atoms with van der Waals surface area (Å²) in [5.41, 5.74) is 1.03. The van der Waals surface area contributed by atoms with Gasteiger partial charge < -0.3 is 9.64 Å². The van der Waals surface area contributed by atoms with Crippen molar-refractivity contribution >= 4 is 17.8 Å². The van der Waals surface area contributed by atoms with E-state index in [9.17, 15) is 14.4 Å². The lowest BCUT2D eigenvalue weighted by Gasteiger charge is -2.19. The zero-order valence-electron chi connectivity index (χ0n) is 13.2. The smallest absolute Gasteiger partial charge is 0.338 e. The average Bonchev–Trinajstić information content (AvgIpc) is 2.72. The molecule has 1 heterocycles. The van der Waals surface area contributed by atoms with Gasteiger partial charge in [0.05, 0.1) is 7.05 Å². The van der Waals surface area contributed by atoms with Crippen LogP contribution in [0.25, 0.3) is 0 Å². The van der Waals surface area contributed by atoms with E-state index >= 15 is 0 Å². The van der Waals surface area contributed by atoms with Crippen LogP contribution in [0.4, 0.5) is 4.79 Å². The van der Waals surface area contributed by atoms with E-state index in [-0.39, 0.29) is 6.67 Å². The Kier molecular flexibility index (Phi) is 5.13. The Labute approximate surface area is 134 Å². The van der Waals surface area contributed by atoms with Crippen molar-refractivity contribution in [1.82, 2.24) is 9.80 Å². The summed E-state index contributed by atoms with van der Waals surface area (Å²) in [7, 11) is 3.16. The minimum Gasteiger partial charge on any atom is -0.490 e. The van der Waals surface area contributed by atoms with Crippen molar-refractivity contribution in [1.29, 1.82) is 0 Å². The van der Waals surface area contributed by atoms with Gasteiger partial charge in [-0.25, -0.2) is 9.69 Å². The Bertz CT molecular complexity index is 627. The minimum atomic E-state index is -0.786. The predicted octanol–water partition coefficient (Wildman–Crippen LogP) is -0.356. The molecule has 1 N–H and O–H groups in total. The first-order valence-corrected chi connectivity index (χ1v) is 7.21. The molecule has 1 unspecified atom stereocenters. The van der Waals surface area contributed by atoms with Gasteiger partial charge in [-0.2, -0.15) is 0 Å². The summed E-state index contributed by atoms with van der Waals surface area (Å²) in [6.07, 6.45) is 1.67. The summed E-state index contributed by atoms with van der Waals surface area (Å²) in [6.45, 7) is 4.79. The average molecular weight is 318 g/mol. The molecule has 1 aliphatic rings. The number of amides is 4. The van der Waals surface area contributed by atoms with Gasteiger partial charge in [0, 0.05) is 12.6 Å². The molecule has 1 aliphatic heterocycles. The van der Waals surface area contributed by atoms with Gasteiger partial charge >= 0.3 is 17.8 Å². The van der Waals surface area contributed by atoms with Crippen LogP contribution < -0.4 is 9.64 Å². The van der Waals surface area contributed by atoms with E-state index in [1.807, 2.05) is 31.3 Å².